The molecule has 5 heteroatoms. The number of Topliss-reactive ketones (excluding diaryl/α,β-unsaturated/α-hetero) is 1. The summed E-state index contributed by atoms with van der Waals surface area (Å²) >= 11 is 0. The molecule has 0 fully saturated rings. The van der Waals surface area contributed by atoms with Crippen LogP contribution in [0, 0.1) is 0 Å². The van der Waals surface area contributed by atoms with Crippen molar-refractivity contribution in [2.75, 3.05) is 11.0 Å². The van der Waals surface area contributed by atoms with Gasteiger partial charge in [-0.2, -0.15) is 0 Å². The Labute approximate surface area is 100 Å². The van der Waals surface area contributed by atoms with E-state index in [1.165, 1.54) is 0 Å². The summed E-state index contributed by atoms with van der Waals surface area (Å²) in [6, 6.07) is 6.93. The number of carbonyl (C=O) groups excluding carboxylic acids is 1. The molecule has 0 radical (unpaired) electrons. The molecule has 0 heterocycles. The van der Waals surface area contributed by atoms with Gasteiger partial charge in [0, 0.05) is 17.6 Å². The van der Waals surface area contributed by atoms with Crippen molar-refractivity contribution in [3.05, 3.63) is 35.9 Å². The minimum Gasteiger partial charge on any atom is -0.294 e. The quantitative estimate of drug-likeness (QED) is 0.891. The molecule has 0 unspecified atom stereocenters. The Morgan fingerprint density at radius 2 is 1.94 bits per heavy atom. The van der Waals surface area contributed by atoms with E-state index in [0.29, 0.717) is 23.2 Å². The monoisotopic (exact) mass is 251 g/mol. The number of ketones is 1. The van der Waals surface area contributed by atoms with Crippen molar-refractivity contribution in [2.24, 2.45) is 0 Å². The maximum Gasteiger partial charge on any atom is 0.229 e. The molecule has 0 bridgehead atoms. The zero-order valence-corrected chi connectivity index (χ0v) is 10.3. The molecule has 0 atom stereocenters. The molecule has 2 rings (SSSR count). The molecule has 0 spiro atoms. The Hall–Kier alpha value is -1.62. The second-order valence-corrected chi connectivity index (χ2v) is 5.75. The minimum absolute atomic E-state index is 0.0627. The fourth-order valence-electron chi connectivity index (χ4n) is 1.86. The maximum atomic E-state index is 11.6. The first-order valence-electron chi connectivity index (χ1n) is 5.28. The molecule has 17 heavy (non-hydrogen) atoms. The second kappa shape index (κ2) is 4.33. The molecule has 0 saturated carbocycles. The minimum atomic E-state index is -3.34. The molecule has 1 aromatic rings. The molecule has 0 amide bonds. The van der Waals surface area contributed by atoms with E-state index in [1.54, 1.807) is 24.3 Å². The van der Waals surface area contributed by atoms with Gasteiger partial charge in [-0.15, -0.1) is 0 Å². The lowest BCUT2D eigenvalue weighted by Gasteiger charge is -2.10. The third-order valence-electron chi connectivity index (χ3n) is 2.53. The van der Waals surface area contributed by atoms with Crippen LogP contribution in [0.1, 0.15) is 18.4 Å². The summed E-state index contributed by atoms with van der Waals surface area (Å²) in [4.78, 5) is 11.6. The smallest absolute Gasteiger partial charge is 0.229 e. The highest BCUT2D eigenvalue weighted by molar-refractivity contribution is 7.92. The SMILES string of the molecule is CS(=O)(=O)Nc1ccccc1C1=CCCC1=O. The zero-order chi connectivity index (χ0) is 12.5. The largest absolute Gasteiger partial charge is 0.294 e. The van der Waals surface area contributed by atoms with Crippen molar-refractivity contribution in [3.8, 4) is 0 Å². The van der Waals surface area contributed by atoms with E-state index >= 15 is 0 Å². The van der Waals surface area contributed by atoms with Crippen LogP contribution < -0.4 is 4.72 Å². The third-order valence-corrected chi connectivity index (χ3v) is 3.12. The second-order valence-electron chi connectivity index (χ2n) is 4.00. The normalized spacial score (nSPS) is 15.8. The van der Waals surface area contributed by atoms with Gasteiger partial charge in [0.05, 0.1) is 11.9 Å². The Kier molecular flexibility index (Phi) is 3.02. The van der Waals surface area contributed by atoms with Crippen LogP contribution >= 0.6 is 0 Å². The van der Waals surface area contributed by atoms with Gasteiger partial charge in [-0.3, -0.25) is 9.52 Å². The number of allylic oxidation sites excluding steroid dienone is 2. The molecule has 1 aliphatic carbocycles. The molecule has 1 N–H and O–H groups in total. The first kappa shape index (κ1) is 11.9. The third kappa shape index (κ3) is 2.74. The van der Waals surface area contributed by atoms with Crippen molar-refractivity contribution in [3.63, 3.8) is 0 Å². The Balaban J connectivity index is 2.44. The van der Waals surface area contributed by atoms with Crippen LogP contribution in [0.3, 0.4) is 0 Å². The molecule has 1 aliphatic rings. The van der Waals surface area contributed by atoms with E-state index in [1.807, 2.05) is 6.08 Å². The van der Waals surface area contributed by atoms with E-state index in [4.69, 9.17) is 0 Å². The number of hydrogen-bond acceptors (Lipinski definition) is 3. The highest BCUT2D eigenvalue weighted by Crippen LogP contribution is 2.30. The molecule has 0 aromatic heterocycles. The zero-order valence-electron chi connectivity index (χ0n) is 9.43. The number of para-hydroxylation sites is 1. The summed E-state index contributed by atoms with van der Waals surface area (Å²) < 4.78 is 24.9. The van der Waals surface area contributed by atoms with Crippen LogP contribution in [-0.4, -0.2) is 20.5 Å². The van der Waals surface area contributed by atoms with Crippen LogP contribution in [0.15, 0.2) is 30.3 Å². The first-order chi connectivity index (χ1) is 7.97. The number of carbonyl (C=O) groups is 1. The highest BCUT2D eigenvalue weighted by Gasteiger charge is 2.19. The summed E-state index contributed by atoms with van der Waals surface area (Å²) in [5, 5.41) is 0. The van der Waals surface area contributed by atoms with Gasteiger partial charge in [0.25, 0.3) is 0 Å². The van der Waals surface area contributed by atoms with Crippen molar-refractivity contribution >= 4 is 27.1 Å². The van der Waals surface area contributed by atoms with Gasteiger partial charge in [-0.1, -0.05) is 24.3 Å². The number of nitrogens with one attached hydrogen (secondary N) is 1. The molecular weight excluding hydrogens is 238 g/mol. The number of benzene rings is 1. The first-order valence-corrected chi connectivity index (χ1v) is 7.17. The van der Waals surface area contributed by atoms with Crippen LogP contribution in [0.4, 0.5) is 5.69 Å². The van der Waals surface area contributed by atoms with Gasteiger partial charge in [0.15, 0.2) is 5.78 Å². The lowest BCUT2D eigenvalue weighted by Crippen LogP contribution is -2.11. The molecule has 0 aliphatic heterocycles. The fourth-order valence-corrected chi connectivity index (χ4v) is 2.44. The van der Waals surface area contributed by atoms with Crippen molar-refractivity contribution in [1.29, 1.82) is 0 Å². The van der Waals surface area contributed by atoms with Gasteiger partial charge in [0.1, 0.15) is 0 Å². The summed E-state index contributed by atoms with van der Waals surface area (Å²) in [7, 11) is -3.34. The molecule has 1 aromatic carbocycles. The van der Waals surface area contributed by atoms with Crippen LogP contribution in [-0.2, 0) is 14.8 Å². The van der Waals surface area contributed by atoms with E-state index in [-0.39, 0.29) is 5.78 Å². The fraction of sp³-hybridized carbons (Fsp3) is 0.250. The highest BCUT2D eigenvalue weighted by atomic mass is 32.2. The predicted molar refractivity (Wildman–Crippen MR) is 67.1 cm³/mol. The molecule has 90 valence electrons. The van der Waals surface area contributed by atoms with E-state index in [2.05, 4.69) is 4.72 Å². The summed E-state index contributed by atoms with van der Waals surface area (Å²) in [6.45, 7) is 0. The topological polar surface area (TPSA) is 63.2 Å². The van der Waals surface area contributed by atoms with E-state index < -0.39 is 10.0 Å². The average Bonchev–Trinajstić information content (AvgIpc) is 2.63. The van der Waals surface area contributed by atoms with Crippen LogP contribution in [0.25, 0.3) is 5.57 Å². The molecular formula is C12H13NO3S. The van der Waals surface area contributed by atoms with Gasteiger partial charge >= 0.3 is 0 Å². The van der Waals surface area contributed by atoms with Crippen LogP contribution in [0.2, 0.25) is 0 Å². The summed E-state index contributed by atoms with van der Waals surface area (Å²) in [5.74, 6) is 0.0627. The Bertz CT molecular complexity index is 588. The molecule has 4 nitrogen and oxygen atoms in total. The van der Waals surface area contributed by atoms with Crippen molar-refractivity contribution < 1.29 is 13.2 Å². The summed E-state index contributed by atoms with van der Waals surface area (Å²) in [6.07, 6.45) is 4.17. The summed E-state index contributed by atoms with van der Waals surface area (Å²) in [5.41, 5.74) is 1.72. The van der Waals surface area contributed by atoms with Gasteiger partial charge in [-0.05, 0) is 12.5 Å². The maximum absolute atomic E-state index is 11.6. The Morgan fingerprint density at radius 1 is 1.24 bits per heavy atom. The number of anilines is 1. The van der Waals surface area contributed by atoms with Crippen LogP contribution in [0.5, 0.6) is 0 Å². The van der Waals surface area contributed by atoms with Gasteiger partial charge in [0.2, 0.25) is 10.0 Å². The van der Waals surface area contributed by atoms with Gasteiger partial charge in [-0.25, -0.2) is 8.42 Å². The van der Waals surface area contributed by atoms with Crippen molar-refractivity contribution in [1.82, 2.24) is 0 Å². The van der Waals surface area contributed by atoms with Gasteiger partial charge < -0.3 is 0 Å². The van der Waals surface area contributed by atoms with Crippen molar-refractivity contribution in [2.45, 2.75) is 12.8 Å². The Morgan fingerprint density at radius 3 is 2.53 bits per heavy atom. The van der Waals surface area contributed by atoms with E-state index in [9.17, 15) is 13.2 Å². The number of sulfonamides is 1. The standard InChI is InChI=1S/C12H13NO3S/c1-17(15,16)13-11-7-3-2-5-9(11)10-6-4-8-12(10)14/h2-3,5-7,13H,4,8H2,1H3. The average molecular weight is 251 g/mol. The predicted octanol–water partition coefficient (Wildman–Crippen LogP) is 1.80. The number of rotatable bonds is 3. The number of hydrogen-bond donors (Lipinski definition) is 1. The lowest BCUT2D eigenvalue weighted by atomic mass is 10.0. The van der Waals surface area contributed by atoms with E-state index in [0.717, 1.165) is 12.7 Å². The lowest BCUT2D eigenvalue weighted by molar-refractivity contribution is -0.113. The molecule has 0 saturated heterocycles.